The number of phenolic OH excluding ortho intramolecular Hbond substituents is 1. The topological polar surface area (TPSA) is 104 Å². The van der Waals surface area contributed by atoms with Gasteiger partial charge in [-0.05, 0) is 43.5 Å². The fourth-order valence-electron chi connectivity index (χ4n) is 3.98. The van der Waals surface area contributed by atoms with Crippen LogP contribution in [-0.2, 0) is 11.2 Å². The molecule has 3 N–H and O–H groups in total. The maximum absolute atomic E-state index is 12.8. The van der Waals surface area contributed by atoms with Crippen molar-refractivity contribution in [2.24, 2.45) is 0 Å². The molecule has 0 atom stereocenters. The van der Waals surface area contributed by atoms with E-state index in [-0.39, 0.29) is 11.7 Å². The molecule has 0 bridgehead atoms. The van der Waals surface area contributed by atoms with Gasteiger partial charge in [0, 0.05) is 37.6 Å². The van der Waals surface area contributed by atoms with Crippen LogP contribution in [-0.4, -0.2) is 69.9 Å². The summed E-state index contributed by atoms with van der Waals surface area (Å²) in [6.45, 7) is 8.91. The summed E-state index contributed by atoms with van der Waals surface area (Å²) >= 11 is 0. The highest BCUT2D eigenvalue weighted by Crippen LogP contribution is 2.28. The van der Waals surface area contributed by atoms with Gasteiger partial charge in [0.1, 0.15) is 17.6 Å². The van der Waals surface area contributed by atoms with E-state index in [0.717, 1.165) is 68.0 Å². The van der Waals surface area contributed by atoms with Crippen molar-refractivity contribution in [3.8, 4) is 5.75 Å². The van der Waals surface area contributed by atoms with Crippen LogP contribution in [0.25, 0.3) is 5.52 Å². The monoisotopic (exact) mass is 438 g/mol. The summed E-state index contributed by atoms with van der Waals surface area (Å²) in [5, 5.41) is 20.7. The van der Waals surface area contributed by atoms with Crippen molar-refractivity contribution in [1.29, 1.82) is 0 Å². The summed E-state index contributed by atoms with van der Waals surface area (Å²) in [4.78, 5) is 19.5. The van der Waals surface area contributed by atoms with E-state index in [4.69, 9.17) is 4.74 Å². The largest absolute Gasteiger partial charge is 0.508 e. The van der Waals surface area contributed by atoms with Crippen LogP contribution in [0.5, 0.6) is 5.75 Å². The molecular weight excluding hydrogens is 408 g/mol. The minimum atomic E-state index is -0.120. The first kappa shape index (κ1) is 22.0. The number of carbonyl (C=O) groups excluding carboxylic acids is 1. The molecule has 3 aromatic rings. The zero-order chi connectivity index (χ0) is 22.5. The zero-order valence-electron chi connectivity index (χ0n) is 18.6. The van der Waals surface area contributed by atoms with Crippen LogP contribution in [0.4, 0.5) is 11.5 Å². The number of amides is 1. The van der Waals surface area contributed by atoms with Gasteiger partial charge in [0.25, 0.3) is 5.91 Å². The van der Waals surface area contributed by atoms with Crippen molar-refractivity contribution >= 4 is 22.9 Å². The van der Waals surface area contributed by atoms with Crippen LogP contribution >= 0.6 is 0 Å². The Morgan fingerprint density at radius 3 is 2.84 bits per heavy atom. The number of hydrogen-bond acceptors (Lipinski definition) is 7. The highest BCUT2D eigenvalue weighted by Gasteiger charge is 2.18. The minimum absolute atomic E-state index is 0.120. The van der Waals surface area contributed by atoms with Crippen molar-refractivity contribution in [1.82, 2.24) is 24.8 Å². The Hall–Kier alpha value is -3.17. The van der Waals surface area contributed by atoms with Crippen LogP contribution in [0, 0.1) is 6.92 Å². The Morgan fingerprint density at radius 1 is 1.28 bits per heavy atom. The average Bonchev–Trinajstić information content (AvgIpc) is 3.15. The summed E-state index contributed by atoms with van der Waals surface area (Å²) in [7, 11) is 0. The lowest BCUT2D eigenvalue weighted by Crippen LogP contribution is -2.38. The van der Waals surface area contributed by atoms with Crippen LogP contribution in [0.2, 0.25) is 0 Å². The van der Waals surface area contributed by atoms with Gasteiger partial charge in [-0.15, -0.1) is 0 Å². The molecule has 1 aliphatic heterocycles. The molecule has 4 rings (SSSR count). The van der Waals surface area contributed by atoms with Crippen molar-refractivity contribution in [3.05, 3.63) is 47.4 Å². The first-order valence-electron chi connectivity index (χ1n) is 11.1. The number of benzene rings is 1. The van der Waals surface area contributed by atoms with E-state index in [9.17, 15) is 9.90 Å². The van der Waals surface area contributed by atoms with E-state index in [1.54, 1.807) is 16.8 Å². The van der Waals surface area contributed by atoms with Gasteiger partial charge in [0.05, 0.1) is 18.8 Å². The quantitative estimate of drug-likeness (QED) is 0.464. The summed E-state index contributed by atoms with van der Waals surface area (Å²) in [6, 6.07) is 5.46. The highest BCUT2D eigenvalue weighted by molar-refractivity contribution is 5.99. The molecule has 9 heteroatoms. The normalized spacial score (nSPS) is 14.6. The molecule has 1 aliphatic rings. The second-order valence-electron chi connectivity index (χ2n) is 7.96. The summed E-state index contributed by atoms with van der Waals surface area (Å²) < 4.78 is 7.03. The van der Waals surface area contributed by atoms with Crippen LogP contribution < -0.4 is 10.6 Å². The number of morpholine rings is 1. The molecule has 2 aromatic heterocycles. The lowest BCUT2D eigenvalue weighted by atomic mass is 10.1. The van der Waals surface area contributed by atoms with E-state index in [1.807, 2.05) is 26.0 Å². The first-order chi connectivity index (χ1) is 15.6. The summed E-state index contributed by atoms with van der Waals surface area (Å²) in [5.41, 5.74) is 3.70. The van der Waals surface area contributed by atoms with E-state index >= 15 is 0 Å². The predicted octanol–water partition coefficient (Wildman–Crippen LogP) is 2.50. The maximum atomic E-state index is 12.8. The molecule has 1 saturated heterocycles. The van der Waals surface area contributed by atoms with Crippen LogP contribution in [0.1, 0.15) is 34.8 Å². The van der Waals surface area contributed by atoms with Gasteiger partial charge in [-0.25, -0.2) is 9.50 Å². The SMILES string of the molecule is CCc1ccc(Nc2ncnn3cc(C(=O)NCCCN4CCOCC4)c(C)c23)cc1O. The van der Waals surface area contributed by atoms with E-state index < -0.39 is 0 Å². The number of nitrogens with one attached hydrogen (secondary N) is 2. The number of carbonyl (C=O) groups is 1. The Bertz CT molecular complexity index is 1090. The molecular formula is C23H30N6O3. The molecule has 9 nitrogen and oxygen atoms in total. The van der Waals surface area contributed by atoms with Crippen LogP contribution in [0.15, 0.2) is 30.7 Å². The van der Waals surface area contributed by atoms with Crippen molar-refractivity contribution < 1.29 is 14.6 Å². The third-order valence-electron chi connectivity index (χ3n) is 5.84. The standard InChI is InChI=1S/C23H30N6O3/c1-3-17-5-6-18(13-20(17)30)27-22-21-16(2)19(14-29(21)26-15-25-22)23(31)24-7-4-8-28-9-11-32-12-10-28/h5-6,13-15,30H,3-4,7-12H2,1-2H3,(H,24,31)(H,25,26,27). The number of aryl methyl sites for hydroxylation is 2. The number of fused-ring (bicyclic) bond motifs is 1. The lowest BCUT2D eigenvalue weighted by Gasteiger charge is -2.26. The third-order valence-corrected chi connectivity index (χ3v) is 5.84. The molecule has 1 fully saturated rings. The Balaban J connectivity index is 1.45. The fraction of sp³-hybridized carbons (Fsp3) is 0.435. The molecule has 170 valence electrons. The van der Waals surface area contributed by atoms with E-state index in [2.05, 4.69) is 25.6 Å². The lowest BCUT2D eigenvalue weighted by molar-refractivity contribution is 0.0374. The van der Waals surface area contributed by atoms with Crippen molar-refractivity contribution in [2.45, 2.75) is 26.7 Å². The third kappa shape index (κ3) is 4.84. The van der Waals surface area contributed by atoms with Gasteiger partial charge in [0.15, 0.2) is 5.82 Å². The molecule has 0 radical (unpaired) electrons. The number of aromatic nitrogens is 3. The van der Waals surface area contributed by atoms with E-state index in [0.29, 0.717) is 17.9 Å². The minimum Gasteiger partial charge on any atom is -0.508 e. The molecule has 0 saturated carbocycles. The van der Waals surface area contributed by atoms with E-state index in [1.165, 1.54) is 6.33 Å². The number of ether oxygens (including phenoxy) is 1. The smallest absolute Gasteiger partial charge is 0.253 e. The summed E-state index contributed by atoms with van der Waals surface area (Å²) in [6.07, 6.45) is 4.82. The van der Waals surface area contributed by atoms with Crippen molar-refractivity contribution in [2.75, 3.05) is 44.7 Å². The van der Waals surface area contributed by atoms with Crippen molar-refractivity contribution in [3.63, 3.8) is 0 Å². The Labute approximate surface area is 187 Å². The van der Waals surface area contributed by atoms with Gasteiger partial charge in [0.2, 0.25) is 0 Å². The Kier molecular flexibility index (Phi) is 6.87. The second-order valence-corrected chi connectivity index (χ2v) is 7.96. The number of rotatable bonds is 8. The average molecular weight is 439 g/mol. The molecule has 0 spiro atoms. The summed E-state index contributed by atoms with van der Waals surface area (Å²) in [5.74, 6) is 0.699. The molecule has 32 heavy (non-hydrogen) atoms. The van der Waals surface area contributed by atoms with Gasteiger partial charge in [-0.2, -0.15) is 5.10 Å². The number of aromatic hydroxyl groups is 1. The van der Waals surface area contributed by atoms with Gasteiger partial charge < -0.3 is 20.5 Å². The second kappa shape index (κ2) is 9.97. The number of nitrogens with zero attached hydrogens (tertiary/aromatic N) is 4. The molecule has 0 aliphatic carbocycles. The zero-order valence-corrected chi connectivity index (χ0v) is 18.6. The molecule has 1 amide bonds. The first-order valence-corrected chi connectivity index (χ1v) is 11.1. The Morgan fingerprint density at radius 2 is 2.09 bits per heavy atom. The predicted molar refractivity (Wildman–Crippen MR) is 123 cm³/mol. The number of anilines is 2. The van der Waals surface area contributed by atoms with Gasteiger partial charge in [-0.1, -0.05) is 13.0 Å². The van der Waals surface area contributed by atoms with Crippen LogP contribution in [0.3, 0.4) is 0 Å². The maximum Gasteiger partial charge on any atom is 0.253 e. The molecule has 0 unspecified atom stereocenters. The number of hydrogen-bond donors (Lipinski definition) is 3. The van der Waals surface area contributed by atoms with Gasteiger partial charge in [-0.3, -0.25) is 9.69 Å². The molecule has 1 aromatic carbocycles. The molecule has 3 heterocycles. The highest BCUT2D eigenvalue weighted by atomic mass is 16.5. The number of phenols is 1. The van der Waals surface area contributed by atoms with Gasteiger partial charge >= 0.3 is 0 Å². The fourth-order valence-corrected chi connectivity index (χ4v) is 3.98.